The molecule has 1 nitrogen and oxygen atoms in total. The van der Waals surface area contributed by atoms with Crippen LogP contribution in [-0.4, -0.2) is 0 Å². The zero-order valence-electron chi connectivity index (χ0n) is 15.0. The number of allylic oxidation sites excluding steroid dienone is 3. The first-order valence-corrected chi connectivity index (χ1v) is 9.67. The van der Waals surface area contributed by atoms with E-state index >= 15 is 0 Å². The number of nitrogens with zero attached hydrogens (tertiary/aromatic N) is 1. The van der Waals surface area contributed by atoms with Crippen LogP contribution in [0.4, 0.5) is 4.39 Å². The van der Waals surface area contributed by atoms with Crippen LogP contribution in [-0.2, 0) is 0 Å². The van der Waals surface area contributed by atoms with Crippen molar-refractivity contribution in [3.63, 3.8) is 0 Å². The van der Waals surface area contributed by atoms with Crippen molar-refractivity contribution in [3.05, 3.63) is 60.0 Å². The molecule has 2 heteroatoms. The minimum absolute atomic E-state index is 0.147. The second-order valence-electron chi connectivity index (χ2n) is 7.77. The Morgan fingerprint density at radius 3 is 2.08 bits per heavy atom. The van der Waals surface area contributed by atoms with Crippen LogP contribution in [0.2, 0.25) is 0 Å². The predicted molar refractivity (Wildman–Crippen MR) is 100 cm³/mol. The average molecular weight is 337 g/mol. The lowest BCUT2D eigenvalue weighted by Crippen LogP contribution is -2.22. The van der Waals surface area contributed by atoms with Gasteiger partial charge in [0.1, 0.15) is 5.82 Å². The maximum absolute atomic E-state index is 13.1. The van der Waals surface area contributed by atoms with Gasteiger partial charge in [0, 0.05) is 6.08 Å². The van der Waals surface area contributed by atoms with Crippen LogP contribution in [0.1, 0.15) is 62.8 Å². The summed E-state index contributed by atoms with van der Waals surface area (Å²) in [5, 5.41) is 8.66. The fourth-order valence-corrected chi connectivity index (χ4v) is 4.73. The Labute approximate surface area is 151 Å². The highest BCUT2D eigenvalue weighted by atomic mass is 19.1. The molecule has 0 N–H and O–H groups in total. The molecule has 2 aliphatic carbocycles. The molecule has 1 aromatic rings. The van der Waals surface area contributed by atoms with Crippen LogP contribution in [0.25, 0.3) is 0 Å². The molecule has 2 fully saturated rings. The summed E-state index contributed by atoms with van der Waals surface area (Å²) in [6.07, 6.45) is 13.3. The number of hydrogen-bond donors (Lipinski definition) is 0. The molecule has 0 heterocycles. The minimum atomic E-state index is -0.147. The molecular weight excluding hydrogens is 309 g/mol. The van der Waals surface area contributed by atoms with E-state index in [9.17, 15) is 4.39 Å². The standard InChI is InChI=1S/C23H28FN/c1-17(19-6-4-18(5-7-19)3-2-16-25)20-8-10-21(11-9-20)22-12-14-23(24)15-13-22/h2-3,12-15,18-21H,1,4-11H2. The molecule has 132 valence electrons. The van der Waals surface area contributed by atoms with E-state index in [2.05, 4.69) is 18.7 Å². The summed E-state index contributed by atoms with van der Waals surface area (Å²) >= 11 is 0. The van der Waals surface area contributed by atoms with E-state index in [1.165, 1.54) is 62.5 Å². The summed E-state index contributed by atoms with van der Waals surface area (Å²) in [4.78, 5) is 0. The molecule has 1 aromatic carbocycles. The Morgan fingerprint density at radius 1 is 0.960 bits per heavy atom. The van der Waals surface area contributed by atoms with Crippen LogP contribution in [0, 0.1) is 34.9 Å². The van der Waals surface area contributed by atoms with Gasteiger partial charge in [-0.15, -0.1) is 0 Å². The second-order valence-corrected chi connectivity index (χ2v) is 7.77. The molecule has 0 unspecified atom stereocenters. The van der Waals surface area contributed by atoms with Gasteiger partial charge >= 0.3 is 0 Å². The summed E-state index contributed by atoms with van der Waals surface area (Å²) < 4.78 is 13.1. The highest BCUT2D eigenvalue weighted by Crippen LogP contribution is 2.43. The maximum Gasteiger partial charge on any atom is 0.123 e. The van der Waals surface area contributed by atoms with Crippen molar-refractivity contribution >= 4 is 0 Å². The molecule has 0 aromatic heterocycles. The Morgan fingerprint density at radius 2 is 1.52 bits per heavy atom. The van der Waals surface area contributed by atoms with Crippen LogP contribution in [0.15, 0.2) is 48.6 Å². The zero-order chi connectivity index (χ0) is 17.6. The third kappa shape index (κ3) is 4.60. The summed E-state index contributed by atoms with van der Waals surface area (Å²) in [6, 6.07) is 9.17. The molecule has 0 atom stereocenters. The molecule has 0 radical (unpaired) electrons. The fraction of sp³-hybridized carbons (Fsp3) is 0.522. The topological polar surface area (TPSA) is 23.8 Å². The van der Waals surface area contributed by atoms with Crippen molar-refractivity contribution in [2.45, 2.75) is 57.3 Å². The van der Waals surface area contributed by atoms with Crippen LogP contribution in [0.3, 0.4) is 0 Å². The quantitative estimate of drug-likeness (QED) is 0.452. The molecule has 0 saturated heterocycles. The summed E-state index contributed by atoms with van der Waals surface area (Å²) in [7, 11) is 0. The van der Waals surface area contributed by atoms with E-state index in [1.54, 1.807) is 18.2 Å². The monoisotopic (exact) mass is 337 g/mol. The van der Waals surface area contributed by atoms with Crippen molar-refractivity contribution in [1.82, 2.24) is 0 Å². The Balaban J connectivity index is 1.48. The number of benzene rings is 1. The highest BCUT2D eigenvalue weighted by molar-refractivity contribution is 5.22. The summed E-state index contributed by atoms with van der Waals surface area (Å²) in [5.74, 6) is 2.34. The van der Waals surface area contributed by atoms with E-state index < -0.39 is 0 Å². The Kier molecular flexibility index (Phi) is 6.08. The number of rotatable bonds is 4. The first kappa shape index (κ1) is 17.9. The van der Waals surface area contributed by atoms with Gasteiger partial charge in [0.05, 0.1) is 6.07 Å². The van der Waals surface area contributed by atoms with Gasteiger partial charge in [0.15, 0.2) is 0 Å². The third-order valence-corrected chi connectivity index (χ3v) is 6.33. The zero-order valence-corrected chi connectivity index (χ0v) is 15.0. The van der Waals surface area contributed by atoms with Crippen LogP contribution in [0.5, 0.6) is 0 Å². The second kappa shape index (κ2) is 8.48. The molecule has 3 rings (SSSR count). The Hall–Kier alpha value is -1.88. The van der Waals surface area contributed by atoms with E-state index in [0.717, 1.165) is 0 Å². The van der Waals surface area contributed by atoms with Crippen LogP contribution >= 0.6 is 0 Å². The number of halogens is 1. The van der Waals surface area contributed by atoms with Gasteiger partial charge in [-0.1, -0.05) is 30.4 Å². The van der Waals surface area contributed by atoms with E-state index in [4.69, 9.17) is 5.26 Å². The average Bonchev–Trinajstić information content (AvgIpc) is 2.67. The van der Waals surface area contributed by atoms with Gasteiger partial charge < -0.3 is 0 Å². The minimum Gasteiger partial charge on any atom is -0.207 e. The molecule has 0 amide bonds. The van der Waals surface area contributed by atoms with Crippen molar-refractivity contribution in [3.8, 4) is 6.07 Å². The van der Waals surface area contributed by atoms with E-state index in [1.807, 2.05) is 12.1 Å². The lowest BCUT2D eigenvalue weighted by Gasteiger charge is -2.35. The number of hydrogen-bond acceptors (Lipinski definition) is 1. The molecule has 25 heavy (non-hydrogen) atoms. The van der Waals surface area contributed by atoms with Crippen molar-refractivity contribution < 1.29 is 4.39 Å². The van der Waals surface area contributed by atoms with E-state index in [0.29, 0.717) is 23.7 Å². The third-order valence-electron chi connectivity index (χ3n) is 6.33. The highest BCUT2D eigenvalue weighted by Gasteiger charge is 2.29. The molecule has 2 saturated carbocycles. The van der Waals surface area contributed by atoms with Crippen LogP contribution < -0.4 is 0 Å². The van der Waals surface area contributed by atoms with Gasteiger partial charge in [-0.25, -0.2) is 4.39 Å². The lowest BCUT2D eigenvalue weighted by molar-refractivity contribution is 0.290. The van der Waals surface area contributed by atoms with Gasteiger partial charge in [-0.3, -0.25) is 0 Å². The van der Waals surface area contributed by atoms with Crippen molar-refractivity contribution in [2.75, 3.05) is 0 Å². The maximum atomic E-state index is 13.1. The first-order chi connectivity index (χ1) is 12.2. The molecule has 0 bridgehead atoms. The number of nitriles is 1. The smallest absolute Gasteiger partial charge is 0.123 e. The van der Waals surface area contributed by atoms with Gasteiger partial charge in [-0.05, 0) is 92.7 Å². The first-order valence-electron chi connectivity index (χ1n) is 9.67. The van der Waals surface area contributed by atoms with Gasteiger partial charge in [0.25, 0.3) is 0 Å². The van der Waals surface area contributed by atoms with Crippen molar-refractivity contribution in [2.24, 2.45) is 17.8 Å². The van der Waals surface area contributed by atoms with Gasteiger partial charge in [-0.2, -0.15) is 5.26 Å². The van der Waals surface area contributed by atoms with Gasteiger partial charge in [0.2, 0.25) is 0 Å². The van der Waals surface area contributed by atoms with E-state index in [-0.39, 0.29) is 5.82 Å². The largest absolute Gasteiger partial charge is 0.207 e. The Bertz CT molecular complexity index is 636. The molecular formula is C23H28FN. The SMILES string of the molecule is C=C(C1CCC(C=CC#N)CC1)C1CCC(c2ccc(F)cc2)CC1. The molecule has 2 aliphatic rings. The molecule has 0 aliphatic heterocycles. The summed E-state index contributed by atoms with van der Waals surface area (Å²) in [6.45, 7) is 4.48. The molecule has 0 spiro atoms. The fourth-order valence-electron chi connectivity index (χ4n) is 4.73. The van der Waals surface area contributed by atoms with Crippen molar-refractivity contribution in [1.29, 1.82) is 5.26 Å². The summed E-state index contributed by atoms with van der Waals surface area (Å²) in [5.41, 5.74) is 2.76. The predicted octanol–water partition coefficient (Wildman–Crippen LogP) is 6.54. The lowest BCUT2D eigenvalue weighted by atomic mass is 9.70. The normalized spacial score (nSPS) is 30.1.